The lowest BCUT2D eigenvalue weighted by atomic mass is 10.0. The number of rotatable bonds is 6. The van der Waals surface area contributed by atoms with Gasteiger partial charge in [-0.05, 0) is 36.5 Å². The number of amides is 2. The number of hydrogen-bond acceptors (Lipinski definition) is 2. The number of carbonyl (C=O) groups excluding carboxylic acids is 2. The smallest absolute Gasteiger partial charge is 0.251 e. The highest BCUT2D eigenvalue weighted by atomic mass is 16.2. The molecule has 0 radical (unpaired) electrons. The van der Waals surface area contributed by atoms with Crippen molar-refractivity contribution in [2.45, 2.75) is 18.9 Å². The Morgan fingerprint density at radius 2 is 1.57 bits per heavy atom. The van der Waals surface area contributed by atoms with Crippen molar-refractivity contribution in [2.75, 3.05) is 6.54 Å². The van der Waals surface area contributed by atoms with Crippen molar-refractivity contribution in [2.24, 2.45) is 5.92 Å². The van der Waals surface area contributed by atoms with Gasteiger partial charge in [-0.25, -0.2) is 0 Å². The first-order chi connectivity index (χ1) is 11.2. The van der Waals surface area contributed by atoms with Gasteiger partial charge < -0.3 is 10.6 Å². The molecule has 0 saturated heterocycles. The van der Waals surface area contributed by atoms with Crippen molar-refractivity contribution >= 4 is 11.8 Å². The molecule has 2 aromatic rings. The molecule has 1 fully saturated rings. The van der Waals surface area contributed by atoms with Crippen molar-refractivity contribution in [1.82, 2.24) is 10.6 Å². The van der Waals surface area contributed by atoms with Crippen LogP contribution >= 0.6 is 0 Å². The minimum absolute atomic E-state index is 0.0101. The summed E-state index contributed by atoms with van der Waals surface area (Å²) in [5.74, 6) is 0.115. The third-order valence-electron chi connectivity index (χ3n) is 4.01. The van der Waals surface area contributed by atoms with E-state index >= 15 is 0 Å². The Labute approximate surface area is 135 Å². The van der Waals surface area contributed by atoms with E-state index in [4.69, 9.17) is 0 Å². The van der Waals surface area contributed by atoms with Crippen molar-refractivity contribution < 1.29 is 9.59 Å². The molecule has 0 heterocycles. The van der Waals surface area contributed by atoms with E-state index < -0.39 is 0 Å². The largest absolute Gasteiger partial charge is 0.347 e. The zero-order valence-corrected chi connectivity index (χ0v) is 12.9. The van der Waals surface area contributed by atoms with Crippen molar-refractivity contribution in [3.8, 4) is 0 Å². The molecule has 23 heavy (non-hydrogen) atoms. The van der Waals surface area contributed by atoms with Crippen LogP contribution in [0.25, 0.3) is 0 Å². The lowest BCUT2D eigenvalue weighted by molar-refractivity contribution is -0.121. The zero-order chi connectivity index (χ0) is 16.1. The molecule has 0 aromatic heterocycles. The Hall–Kier alpha value is -2.62. The fourth-order valence-electron chi connectivity index (χ4n) is 2.64. The van der Waals surface area contributed by atoms with Gasteiger partial charge in [0.25, 0.3) is 5.91 Å². The molecule has 1 aliphatic rings. The molecule has 4 heteroatoms. The van der Waals surface area contributed by atoms with Crippen LogP contribution in [0.3, 0.4) is 0 Å². The maximum absolute atomic E-state index is 12.2. The van der Waals surface area contributed by atoms with Gasteiger partial charge in [-0.1, -0.05) is 48.5 Å². The first kappa shape index (κ1) is 15.3. The van der Waals surface area contributed by atoms with E-state index in [0.717, 1.165) is 18.4 Å². The van der Waals surface area contributed by atoms with Crippen molar-refractivity contribution in [1.29, 1.82) is 0 Å². The Bertz CT molecular complexity index is 666. The quantitative estimate of drug-likeness (QED) is 0.862. The van der Waals surface area contributed by atoms with Crippen molar-refractivity contribution in [3.63, 3.8) is 0 Å². The van der Waals surface area contributed by atoms with Crippen molar-refractivity contribution in [3.05, 3.63) is 71.8 Å². The van der Waals surface area contributed by atoms with Gasteiger partial charge in [-0.3, -0.25) is 9.59 Å². The zero-order valence-electron chi connectivity index (χ0n) is 12.9. The summed E-state index contributed by atoms with van der Waals surface area (Å²) < 4.78 is 0. The van der Waals surface area contributed by atoms with Crippen LogP contribution in [0.2, 0.25) is 0 Å². The number of carbonyl (C=O) groups is 2. The Morgan fingerprint density at radius 3 is 2.17 bits per heavy atom. The predicted octanol–water partition coefficient (Wildman–Crippen LogP) is 2.68. The number of benzene rings is 2. The fourth-order valence-corrected chi connectivity index (χ4v) is 2.64. The first-order valence-corrected chi connectivity index (χ1v) is 7.91. The van der Waals surface area contributed by atoms with Crippen LogP contribution in [-0.4, -0.2) is 18.4 Å². The SMILES string of the molecule is O=C(CNC(=O)c1ccccc1)N[C@@H](c1ccccc1)C1CC1. The van der Waals surface area contributed by atoms with Gasteiger partial charge in [0, 0.05) is 5.56 Å². The summed E-state index contributed by atoms with van der Waals surface area (Å²) in [6.45, 7) is -0.0101. The van der Waals surface area contributed by atoms with Crippen LogP contribution in [0.15, 0.2) is 60.7 Å². The highest BCUT2D eigenvalue weighted by Crippen LogP contribution is 2.40. The summed E-state index contributed by atoms with van der Waals surface area (Å²) in [6.07, 6.45) is 2.27. The van der Waals surface area contributed by atoms with Gasteiger partial charge >= 0.3 is 0 Å². The van der Waals surface area contributed by atoms with Crippen LogP contribution in [0.5, 0.6) is 0 Å². The highest BCUT2D eigenvalue weighted by Gasteiger charge is 2.33. The fraction of sp³-hybridized carbons (Fsp3) is 0.263. The average Bonchev–Trinajstić information content (AvgIpc) is 3.44. The maximum atomic E-state index is 12.2. The van der Waals surface area contributed by atoms with E-state index in [9.17, 15) is 9.59 Å². The van der Waals surface area contributed by atoms with E-state index in [2.05, 4.69) is 10.6 Å². The third kappa shape index (κ3) is 4.19. The molecular weight excluding hydrogens is 288 g/mol. The first-order valence-electron chi connectivity index (χ1n) is 7.91. The summed E-state index contributed by atoms with van der Waals surface area (Å²) >= 11 is 0. The van der Waals surface area contributed by atoms with E-state index in [1.165, 1.54) is 0 Å². The minimum Gasteiger partial charge on any atom is -0.347 e. The summed E-state index contributed by atoms with van der Waals surface area (Å²) in [6, 6.07) is 18.9. The molecule has 2 N–H and O–H groups in total. The normalized spacial score (nSPS) is 14.8. The second kappa shape index (κ2) is 7.09. The summed E-state index contributed by atoms with van der Waals surface area (Å²) in [7, 11) is 0. The van der Waals surface area contributed by atoms with Crippen LogP contribution in [-0.2, 0) is 4.79 Å². The maximum Gasteiger partial charge on any atom is 0.251 e. The van der Waals surface area contributed by atoms with E-state index in [0.29, 0.717) is 11.5 Å². The molecule has 0 aliphatic heterocycles. The minimum atomic E-state index is -0.233. The van der Waals surface area contributed by atoms with Gasteiger partial charge in [0.1, 0.15) is 0 Å². The van der Waals surface area contributed by atoms with E-state index in [1.807, 2.05) is 36.4 Å². The molecule has 2 amide bonds. The highest BCUT2D eigenvalue weighted by molar-refractivity contribution is 5.96. The topological polar surface area (TPSA) is 58.2 Å². The van der Waals surface area contributed by atoms with Crippen LogP contribution < -0.4 is 10.6 Å². The molecule has 2 aromatic carbocycles. The average molecular weight is 308 g/mol. The van der Waals surface area contributed by atoms with Crippen LogP contribution in [0.1, 0.15) is 34.8 Å². The predicted molar refractivity (Wildman–Crippen MR) is 88.8 cm³/mol. The Balaban J connectivity index is 1.55. The second-order valence-electron chi connectivity index (χ2n) is 5.84. The number of hydrogen-bond donors (Lipinski definition) is 2. The summed E-state index contributed by atoms with van der Waals surface area (Å²) in [5.41, 5.74) is 1.68. The molecule has 1 aliphatic carbocycles. The van der Waals surface area contributed by atoms with E-state index in [-0.39, 0.29) is 24.4 Å². The van der Waals surface area contributed by atoms with Crippen LogP contribution in [0, 0.1) is 5.92 Å². The van der Waals surface area contributed by atoms with Crippen LogP contribution in [0.4, 0.5) is 0 Å². The number of nitrogens with one attached hydrogen (secondary N) is 2. The Morgan fingerprint density at radius 1 is 0.957 bits per heavy atom. The van der Waals surface area contributed by atoms with Gasteiger partial charge in [-0.15, -0.1) is 0 Å². The molecular formula is C19H20N2O2. The monoisotopic (exact) mass is 308 g/mol. The van der Waals surface area contributed by atoms with Gasteiger partial charge in [-0.2, -0.15) is 0 Å². The molecule has 118 valence electrons. The second-order valence-corrected chi connectivity index (χ2v) is 5.84. The molecule has 4 nitrogen and oxygen atoms in total. The molecule has 1 atom stereocenters. The molecule has 1 saturated carbocycles. The van der Waals surface area contributed by atoms with Gasteiger partial charge in [0.05, 0.1) is 12.6 Å². The Kier molecular flexibility index (Phi) is 4.71. The van der Waals surface area contributed by atoms with Gasteiger partial charge in [0.15, 0.2) is 0 Å². The van der Waals surface area contributed by atoms with Gasteiger partial charge in [0.2, 0.25) is 5.91 Å². The summed E-state index contributed by atoms with van der Waals surface area (Å²) in [4.78, 5) is 24.1. The molecule has 3 rings (SSSR count). The van der Waals surface area contributed by atoms with E-state index in [1.54, 1.807) is 24.3 Å². The third-order valence-corrected chi connectivity index (χ3v) is 4.01. The lowest BCUT2D eigenvalue weighted by Gasteiger charge is -2.19. The lowest BCUT2D eigenvalue weighted by Crippen LogP contribution is -2.39. The molecule has 0 bridgehead atoms. The summed E-state index contributed by atoms with van der Waals surface area (Å²) in [5, 5.41) is 5.71. The standard InChI is InChI=1S/C19H20N2O2/c22-17(13-20-19(23)16-9-5-2-6-10-16)21-18(15-11-12-15)14-7-3-1-4-8-14/h1-10,15,18H,11-13H2,(H,20,23)(H,21,22)/t18-/m0/s1. The molecule has 0 unspecified atom stereocenters. The molecule has 0 spiro atoms.